The van der Waals surface area contributed by atoms with Crippen molar-refractivity contribution in [1.82, 2.24) is 20.0 Å². The van der Waals surface area contributed by atoms with Gasteiger partial charge < -0.3 is 10.2 Å². The number of hydrogen-bond donors (Lipinski definition) is 1. The van der Waals surface area contributed by atoms with Crippen molar-refractivity contribution in [3.8, 4) is 6.07 Å². The molecule has 8 heteroatoms. The number of nitrogens with zero attached hydrogens (tertiary/aromatic N) is 4. The number of fused-ring (bicyclic) bond motifs is 1. The number of amides is 2. The van der Waals surface area contributed by atoms with Crippen molar-refractivity contribution in [2.45, 2.75) is 46.2 Å². The molecule has 1 saturated heterocycles. The van der Waals surface area contributed by atoms with Crippen molar-refractivity contribution in [2.24, 2.45) is 11.3 Å². The molecular weight excluding hydrogens is 445 g/mol. The van der Waals surface area contributed by atoms with Crippen LogP contribution in [0.4, 0.5) is 4.39 Å². The van der Waals surface area contributed by atoms with Gasteiger partial charge in [0, 0.05) is 24.4 Å². The Bertz CT molecular complexity index is 1260. The zero-order valence-corrected chi connectivity index (χ0v) is 20.3. The number of carbonyl (C=O) groups is 2. The Morgan fingerprint density at radius 2 is 1.80 bits per heavy atom. The summed E-state index contributed by atoms with van der Waals surface area (Å²) in [5, 5.41) is 17.4. The van der Waals surface area contributed by atoms with Gasteiger partial charge in [0.05, 0.1) is 18.1 Å². The van der Waals surface area contributed by atoms with Gasteiger partial charge in [-0.2, -0.15) is 10.4 Å². The van der Waals surface area contributed by atoms with Crippen molar-refractivity contribution in [3.05, 3.63) is 65.6 Å². The fourth-order valence-corrected chi connectivity index (χ4v) is 4.44. The molecule has 1 aliphatic rings. The summed E-state index contributed by atoms with van der Waals surface area (Å²) in [6.07, 6.45) is 1.29. The second-order valence-electron chi connectivity index (χ2n) is 10.2. The van der Waals surface area contributed by atoms with Crippen molar-refractivity contribution in [1.29, 1.82) is 5.26 Å². The summed E-state index contributed by atoms with van der Waals surface area (Å²) in [7, 11) is 0. The Labute approximate surface area is 204 Å². The largest absolute Gasteiger partial charge is 0.341 e. The van der Waals surface area contributed by atoms with Crippen LogP contribution in [0.25, 0.3) is 10.9 Å². The third-order valence-corrected chi connectivity index (χ3v) is 6.50. The normalized spacial score (nSPS) is 15.6. The molecule has 1 atom stereocenters. The lowest BCUT2D eigenvalue weighted by atomic mass is 9.85. The van der Waals surface area contributed by atoms with Crippen LogP contribution in [0, 0.1) is 28.5 Å². The molecule has 0 saturated carbocycles. The van der Waals surface area contributed by atoms with Crippen molar-refractivity contribution in [3.63, 3.8) is 0 Å². The number of likely N-dealkylation sites (tertiary alicyclic amines) is 1. The van der Waals surface area contributed by atoms with Crippen LogP contribution >= 0.6 is 0 Å². The molecule has 1 aromatic heterocycles. The van der Waals surface area contributed by atoms with Gasteiger partial charge in [-0.1, -0.05) is 51.1 Å². The molecule has 0 unspecified atom stereocenters. The van der Waals surface area contributed by atoms with Gasteiger partial charge in [0.25, 0.3) is 5.91 Å². The smallest absolute Gasteiger partial charge is 0.273 e. The van der Waals surface area contributed by atoms with Crippen molar-refractivity contribution >= 4 is 22.7 Å². The summed E-state index contributed by atoms with van der Waals surface area (Å²) < 4.78 is 15.0. The lowest BCUT2D eigenvalue weighted by Crippen LogP contribution is -2.56. The predicted octanol–water partition coefficient (Wildman–Crippen LogP) is 4.13. The van der Waals surface area contributed by atoms with Gasteiger partial charge in [-0.15, -0.1) is 0 Å². The van der Waals surface area contributed by atoms with E-state index in [-0.39, 0.29) is 23.3 Å². The lowest BCUT2D eigenvalue weighted by molar-refractivity contribution is -0.137. The Morgan fingerprint density at radius 3 is 2.43 bits per heavy atom. The second kappa shape index (κ2) is 9.87. The number of halogens is 1. The van der Waals surface area contributed by atoms with Crippen LogP contribution in [-0.2, 0) is 11.3 Å². The minimum atomic E-state index is -0.741. The average molecular weight is 476 g/mol. The Morgan fingerprint density at radius 1 is 1.14 bits per heavy atom. The van der Waals surface area contributed by atoms with Crippen LogP contribution in [-0.4, -0.2) is 45.6 Å². The monoisotopic (exact) mass is 475 g/mol. The molecule has 2 aromatic carbocycles. The van der Waals surface area contributed by atoms with Crippen LogP contribution < -0.4 is 5.32 Å². The Balaban J connectivity index is 1.59. The number of rotatable bonds is 5. The first-order valence-electron chi connectivity index (χ1n) is 11.9. The van der Waals surface area contributed by atoms with Gasteiger partial charge in [0.15, 0.2) is 5.69 Å². The molecule has 0 bridgehead atoms. The standard InChI is InChI=1S/C27H30FN5O2/c1-27(2,3)24(26(35)32-14-12-18(16-29)13-15-32)30-25(34)23-21-6-4-5-7-22(21)33(31-23)17-19-8-10-20(28)11-9-19/h4-11,18,24H,12-15,17H2,1-3H3,(H,30,34)/t24-/m1/s1. The number of para-hydroxylation sites is 1. The van der Waals surface area contributed by atoms with E-state index in [0.29, 0.717) is 37.9 Å². The van der Waals surface area contributed by atoms with E-state index in [4.69, 9.17) is 5.26 Å². The fourth-order valence-electron chi connectivity index (χ4n) is 4.44. The number of carbonyl (C=O) groups excluding carboxylic acids is 2. The molecule has 1 N–H and O–H groups in total. The van der Waals surface area contributed by atoms with Crippen molar-refractivity contribution < 1.29 is 14.0 Å². The molecule has 35 heavy (non-hydrogen) atoms. The van der Waals surface area contributed by atoms with Gasteiger partial charge in [0.2, 0.25) is 5.91 Å². The molecule has 4 rings (SSSR count). The van der Waals surface area contributed by atoms with E-state index in [0.717, 1.165) is 11.1 Å². The molecule has 0 radical (unpaired) electrons. The quantitative estimate of drug-likeness (QED) is 0.601. The maximum atomic E-state index is 13.5. The minimum absolute atomic E-state index is 0.0295. The van der Waals surface area contributed by atoms with E-state index >= 15 is 0 Å². The van der Waals surface area contributed by atoms with E-state index in [1.165, 1.54) is 12.1 Å². The minimum Gasteiger partial charge on any atom is -0.341 e. The molecule has 7 nitrogen and oxygen atoms in total. The van der Waals surface area contributed by atoms with Gasteiger partial charge in [0.1, 0.15) is 11.9 Å². The van der Waals surface area contributed by atoms with E-state index in [9.17, 15) is 14.0 Å². The summed E-state index contributed by atoms with van der Waals surface area (Å²) in [5.41, 5.74) is 1.35. The average Bonchev–Trinajstić information content (AvgIpc) is 3.21. The zero-order chi connectivity index (χ0) is 25.2. The molecular formula is C27H30FN5O2. The zero-order valence-electron chi connectivity index (χ0n) is 20.3. The molecule has 1 fully saturated rings. The summed E-state index contributed by atoms with van der Waals surface area (Å²) >= 11 is 0. The first-order chi connectivity index (χ1) is 16.7. The van der Waals surface area contributed by atoms with Gasteiger partial charge in [-0.25, -0.2) is 4.39 Å². The fraction of sp³-hybridized carbons (Fsp3) is 0.407. The summed E-state index contributed by atoms with van der Waals surface area (Å²) in [5.74, 6) is -0.899. The van der Waals surface area contributed by atoms with Crippen LogP contribution in [0.5, 0.6) is 0 Å². The summed E-state index contributed by atoms with van der Waals surface area (Å²) in [4.78, 5) is 28.6. The van der Waals surface area contributed by atoms with Crippen LogP contribution in [0.15, 0.2) is 48.5 Å². The molecule has 0 spiro atoms. The molecule has 2 heterocycles. The predicted molar refractivity (Wildman–Crippen MR) is 131 cm³/mol. The van der Waals surface area contributed by atoms with E-state index in [1.54, 1.807) is 21.7 Å². The first kappa shape index (κ1) is 24.4. The third-order valence-electron chi connectivity index (χ3n) is 6.50. The van der Waals surface area contributed by atoms with Crippen LogP contribution in [0.3, 0.4) is 0 Å². The Hall–Kier alpha value is -3.73. The highest BCUT2D eigenvalue weighted by molar-refractivity contribution is 6.06. The molecule has 182 valence electrons. The van der Waals surface area contributed by atoms with E-state index in [2.05, 4.69) is 16.5 Å². The number of nitriles is 1. The highest BCUT2D eigenvalue weighted by Crippen LogP contribution is 2.26. The van der Waals surface area contributed by atoms with Crippen LogP contribution in [0.1, 0.15) is 49.7 Å². The number of hydrogen-bond acceptors (Lipinski definition) is 4. The number of aromatic nitrogens is 2. The molecule has 1 aliphatic heterocycles. The van der Waals surface area contributed by atoms with Gasteiger partial charge in [-0.05, 0) is 42.0 Å². The SMILES string of the molecule is CC(C)(C)[C@H](NC(=O)c1nn(Cc2ccc(F)cc2)c2ccccc12)C(=O)N1CCC(C#N)CC1. The maximum absolute atomic E-state index is 13.5. The van der Waals surface area contributed by atoms with Crippen molar-refractivity contribution in [2.75, 3.05) is 13.1 Å². The number of piperidine rings is 1. The summed E-state index contributed by atoms with van der Waals surface area (Å²) in [6.45, 7) is 7.16. The number of nitrogens with one attached hydrogen (secondary N) is 1. The number of benzene rings is 2. The first-order valence-corrected chi connectivity index (χ1v) is 11.9. The molecule has 3 aromatic rings. The topological polar surface area (TPSA) is 91.0 Å². The highest BCUT2D eigenvalue weighted by atomic mass is 19.1. The molecule has 2 amide bonds. The molecule has 0 aliphatic carbocycles. The summed E-state index contributed by atoms with van der Waals surface area (Å²) in [6, 6.07) is 15.1. The van der Waals surface area contributed by atoms with Gasteiger partial charge >= 0.3 is 0 Å². The second-order valence-corrected chi connectivity index (χ2v) is 10.2. The maximum Gasteiger partial charge on any atom is 0.273 e. The van der Waals surface area contributed by atoms with Gasteiger partial charge in [-0.3, -0.25) is 14.3 Å². The van der Waals surface area contributed by atoms with Crippen LogP contribution in [0.2, 0.25) is 0 Å². The Kier molecular flexibility index (Phi) is 6.88. The van der Waals surface area contributed by atoms with E-state index < -0.39 is 17.4 Å². The van der Waals surface area contributed by atoms with E-state index in [1.807, 2.05) is 45.0 Å². The lowest BCUT2D eigenvalue weighted by Gasteiger charge is -2.37. The third kappa shape index (κ3) is 5.35. The highest BCUT2D eigenvalue weighted by Gasteiger charge is 2.37.